The Morgan fingerprint density at radius 3 is 2.38 bits per heavy atom. The van der Waals surface area contributed by atoms with Crippen molar-refractivity contribution in [3.05, 3.63) is 0 Å². The first-order chi connectivity index (χ1) is 7.40. The maximum atomic E-state index is 11.9. The summed E-state index contributed by atoms with van der Waals surface area (Å²) in [6.07, 6.45) is 1.12. The third-order valence-corrected chi connectivity index (χ3v) is 2.80. The Morgan fingerprint density at radius 2 is 1.94 bits per heavy atom. The molecule has 2 N–H and O–H groups in total. The summed E-state index contributed by atoms with van der Waals surface area (Å²) in [7, 11) is 1.77. The zero-order chi connectivity index (χ0) is 12.7. The SMILES string of the molecule is CCC(C)[C@H](N)C(=O)N(C)CCOC(C)C. The van der Waals surface area contributed by atoms with Crippen LogP contribution in [-0.2, 0) is 9.53 Å². The highest BCUT2D eigenvalue weighted by molar-refractivity contribution is 5.81. The molecule has 0 spiro atoms. The van der Waals surface area contributed by atoms with Crippen molar-refractivity contribution in [2.24, 2.45) is 11.7 Å². The lowest BCUT2D eigenvalue weighted by atomic mass is 9.99. The molecule has 0 saturated carbocycles. The molecule has 0 saturated heterocycles. The summed E-state index contributed by atoms with van der Waals surface area (Å²) in [6.45, 7) is 9.16. The molecule has 0 heterocycles. The van der Waals surface area contributed by atoms with Gasteiger partial charge in [-0.05, 0) is 19.8 Å². The summed E-state index contributed by atoms with van der Waals surface area (Å²) < 4.78 is 5.39. The fraction of sp³-hybridized carbons (Fsp3) is 0.917. The fourth-order valence-electron chi connectivity index (χ4n) is 1.29. The first-order valence-corrected chi connectivity index (χ1v) is 6.02. The molecule has 4 heteroatoms. The second-order valence-corrected chi connectivity index (χ2v) is 4.59. The smallest absolute Gasteiger partial charge is 0.239 e. The molecule has 0 rings (SSSR count). The van der Waals surface area contributed by atoms with Gasteiger partial charge in [0.25, 0.3) is 0 Å². The van der Waals surface area contributed by atoms with Crippen LogP contribution in [0.4, 0.5) is 0 Å². The molecule has 0 radical (unpaired) electrons. The number of ether oxygens (including phenoxy) is 1. The van der Waals surface area contributed by atoms with Crippen molar-refractivity contribution >= 4 is 5.91 Å². The van der Waals surface area contributed by atoms with Crippen molar-refractivity contribution in [2.45, 2.75) is 46.3 Å². The molecule has 96 valence electrons. The van der Waals surface area contributed by atoms with Crippen molar-refractivity contribution < 1.29 is 9.53 Å². The Labute approximate surface area is 99.1 Å². The van der Waals surface area contributed by atoms with Crippen LogP contribution in [0.5, 0.6) is 0 Å². The van der Waals surface area contributed by atoms with Gasteiger partial charge in [0.15, 0.2) is 0 Å². The molecule has 1 amide bonds. The van der Waals surface area contributed by atoms with Gasteiger partial charge in [0.2, 0.25) is 5.91 Å². The predicted molar refractivity (Wildman–Crippen MR) is 66.2 cm³/mol. The Hall–Kier alpha value is -0.610. The minimum absolute atomic E-state index is 0.00158. The van der Waals surface area contributed by atoms with Gasteiger partial charge in [-0.25, -0.2) is 0 Å². The molecule has 1 unspecified atom stereocenters. The maximum Gasteiger partial charge on any atom is 0.239 e. The highest BCUT2D eigenvalue weighted by Gasteiger charge is 2.22. The lowest BCUT2D eigenvalue weighted by molar-refractivity contribution is -0.133. The molecule has 0 aromatic rings. The van der Waals surface area contributed by atoms with Crippen LogP contribution in [0, 0.1) is 5.92 Å². The standard InChI is InChI=1S/C12H26N2O2/c1-6-10(4)11(13)12(15)14(5)7-8-16-9(2)3/h9-11H,6-8,13H2,1-5H3/t10?,11-/m0/s1. The third-order valence-electron chi connectivity index (χ3n) is 2.80. The van der Waals surface area contributed by atoms with E-state index in [0.717, 1.165) is 6.42 Å². The van der Waals surface area contributed by atoms with Crippen molar-refractivity contribution in [2.75, 3.05) is 20.2 Å². The summed E-state index contributed by atoms with van der Waals surface area (Å²) >= 11 is 0. The molecule has 0 aromatic carbocycles. The number of likely N-dealkylation sites (N-methyl/N-ethyl adjacent to an activating group) is 1. The first kappa shape index (κ1) is 15.4. The van der Waals surface area contributed by atoms with E-state index >= 15 is 0 Å². The fourth-order valence-corrected chi connectivity index (χ4v) is 1.29. The number of nitrogens with zero attached hydrogens (tertiary/aromatic N) is 1. The molecule has 2 atom stereocenters. The molecule has 0 aliphatic carbocycles. The molecule has 16 heavy (non-hydrogen) atoms. The van der Waals surface area contributed by atoms with Crippen LogP contribution < -0.4 is 5.73 Å². The average molecular weight is 230 g/mol. The maximum absolute atomic E-state index is 11.9. The van der Waals surface area contributed by atoms with Gasteiger partial charge < -0.3 is 15.4 Å². The lowest BCUT2D eigenvalue weighted by Gasteiger charge is -2.24. The van der Waals surface area contributed by atoms with E-state index in [-0.39, 0.29) is 17.9 Å². The Kier molecular flexibility index (Phi) is 7.34. The minimum atomic E-state index is -0.394. The van der Waals surface area contributed by atoms with Crippen LogP contribution in [-0.4, -0.2) is 43.2 Å². The third kappa shape index (κ3) is 5.47. The molecule has 0 aliphatic rings. The zero-order valence-electron chi connectivity index (χ0n) is 11.2. The van der Waals surface area contributed by atoms with Gasteiger partial charge >= 0.3 is 0 Å². The van der Waals surface area contributed by atoms with Crippen LogP contribution >= 0.6 is 0 Å². The summed E-state index contributed by atoms with van der Waals surface area (Å²) in [5.74, 6) is 0.225. The van der Waals surface area contributed by atoms with Gasteiger partial charge in [0.1, 0.15) is 0 Å². The van der Waals surface area contributed by atoms with Crippen LogP contribution in [0.15, 0.2) is 0 Å². The van der Waals surface area contributed by atoms with Crippen molar-refractivity contribution in [1.82, 2.24) is 4.90 Å². The lowest BCUT2D eigenvalue weighted by Crippen LogP contribution is -2.46. The summed E-state index contributed by atoms with van der Waals surface area (Å²) in [4.78, 5) is 13.5. The van der Waals surface area contributed by atoms with E-state index < -0.39 is 6.04 Å². The zero-order valence-corrected chi connectivity index (χ0v) is 11.2. The van der Waals surface area contributed by atoms with Crippen LogP contribution in [0.3, 0.4) is 0 Å². The monoisotopic (exact) mass is 230 g/mol. The van der Waals surface area contributed by atoms with Crippen molar-refractivity contribution in [3.63, 3.8) is 0 Å². The highest BCUT2D eigenvalue weighted by atomic mass is 16.5. The molecule has 0 fully saturated rings. The Balaban J connectivity index is 3.98. The number of rotatable bonds is 7. The molecular weight excluding hydrogens is 204 g/mol. The predicted octanol–water partition coefficient (Wildman–Crippen LogP) is 1.24. The van der Waals surface area contributed by atoms with E-state index in [0.29, 0.717) is 13.2 Å². The second-order valence-electron chi connectivity index (χ2n) is 4.59. The number of hydrogen-bond acceptors (Lipinski definition) is 3. The normalized spacial score (nSPS) is 14.9. The largest absolute Gasteiger partial charge is 0.377 e. The summed E-state index contributed by atoms with van der Waals surface area (Å²) in [5.41, 5.74) is 5.87. The number of carbonyl (C=O) groups excluding carboxylic acids is 1. The van der Waals surface area contributed by atoms with E-state index in [1.165, 1.54) is 0 Å². The molecular formula is C12H26N2O2. The van der Waals surface area contributed by atoms with Gasteiger partial charge in [-0.3, -0.25) is 4.79 Å². The quantitative estimate of drug-likeness (QED) is 0.716. The van der Waals surface area contributed by atoms with E-state index in [9.17, 15) is 4.79 Å². The van der Waals surface area contributed by atoms with Crippen LogP contribution in [0.25, 0.3) is 0 Å². The van der Waals surface area contributed by atoms with Gasteiger partial charge in [-0.15, -0.1) is 0 Å². The van der Waals surface area contributed by atoms with E-state index in [1.54, 1.807) is 11.9 Å². The van der Waals surface area contributed by atoms with Crippen molar-refractivity contribution in [3.8, 4) is 0 Å². The van der Waals surface area contributed by atoms with Crippen LogP contribution in [0.2, 0.25) is 0 Å². The topological polar surface area (TPSA) is 55.6 Å². The molecule has 0 aliphatic heterocycles. The van der Waals surface area contributed by atoms with Gasteiger partial charge in [-0.1, -0.05) is 20.3 Å². The van der Waals surface area contributed by atoms with Crippen LogP contribution in [0.1, 0.15) is 34.1 Å². The number of carbonyl (C=O) groups is 1. The molecule has 0 bridgehead atoms. The van der Waals surface area contributed by atoms with Crippen molar-refractivity contribution in [1.29, 1.82) is 0 Å². The van der Waals surface area contributed by atoms with Gasteiger partial charge in [0.05, 0.1) is 18.8 Å². The first-order valence-electron chi connectivity index (χ1n) is 6.02. The number of nitrogens with two attached hydrogens (primary N) is 1. The molecule has 4 nitrogen and oxygen atoms in total. The average Bonchev–Trinajstić information content (AvgIpc) is 2.25. The van der Waals surface area contributed by atoms with Gasteiger partial charge in [-0.2, -0.15) is 0 Å². The Bertz CT molecular complexity index is 207. The second kappa shape index (κ2) is 7.63. The Morgan fingerprint density at radius 1 is 1.38 bits per heavy atom. The van der Waals surface area contributed by atoms with E-state index in [2.05, 4.69) is 0 Å². The number of hydrogen-bond donors (Lipinski definition) is 1. The van der Waals surface area contributed by atoms with E-state index in [1.807, 2.05) is 27.7 Å². The summed E-state index contributed by atoms with van der Waals surface area (Å²) in [6, 6.07) is -0.394. The number of amides is 1. The highest BCUT2D eigenvalue weighted by Crippen LogP contribution is 2.07. The minimum Gasteiger partial charge on any atom is -0.377 e. The molecule has 0 aromatic heterocycles. The summed E-state index contributed by atoms with van der Waals surface area (Å²) in [5, 5.41) is 0. The van der Waals surface area contributed by atoms with Gasteiger partial charge in [0, 0.05) is 13.6 Å². The van der Waals surface area contributed by atoms with E-state index in [4.69, 9.17) is 10.5 Å².